The minimum absolute atomic E-state index is 0.636. The number of halogens is 1. The molecule has 90 valence electrons. The molecule has 0 saturated heterocycles. The standard InChI is InChI=1S/C14H22BrN/c1-4-12(6-5-7-16)13-8-10(2)11(3)9-14(13)15/h8-9,12H,4-7,16H2,1-3H3. The van der Waals surface area contributed by atoms with Crippen molar-refractivity contribution >= 4 is 15.9 Å². The molecule has 0 aliphatic heterocycles. The summed E-state index contributed by atoms with van der Waals surface area (Å²) in [6.07, 6.45) is 3.48. The van der Waals surface area contributed by atoms with Crippen molar-refractivity contribution in [3.63, 3.8) is 0 Å². The summed E-state index contributed by atoms with van der Waals surface area (Å²) >= 11 is 3.68. The molecule has 0 heterocycles. The van der Waals surface area contributed by atoms with Crippen LogP contribution in [0, 0.1) is 13.8 Å². The Kier molecular flexibility index (Phi) is 5.50. The van der Waals surface area contributed by atoms with E-state index in [-0.39, 0.29) is 0 Å². The van der Waals surface area contributed by atoms with Gasteiger partial charge in [-0.25, -0.2) is 0 Å². The highest BCUT2D eigenvalue weighted by Crippen LogP contribution is 2.32. The molecule has 0 spiro atoms. The van der Waals surface area contributed by atoms with Gasteiger partial charge in [0, 0.05) is 4.47 Å². The molecule has 0 bridgehead atoms. The summed E-state index contributed by atoms with van der Waals surface area (Å²) in [4.78, 5) is 0. The molecule has 2 heteroatoms. The normalized spacial score (nSPS) is 12.8. The third kappa shape index (κ3) is 3.33. The van der Waals surface area contributed by atoms with E-state index in [9.17, 15) is 0 Å². The molecule has 0 aliphatic rings. The number of benzene rings is 1. The third-order valence-electron chi connectivity index (χ3n) is 3.30. The molecule has 1 nitrogen and oxygen atoms in total. The Labute approximate surface area is 108 Å². The van der Waals surface area contributed by atoms with Crippen molar-refractivity contribution in [3.05, 3.63) is 33.3 Å². The molecule has 1 unspecified atom stereocenters. The Hall–Kier alpha value is -0.340. The van der Waals surface area contributed by atoms with Crippen LogP contribution in [0.3, 0.4) is 0 Å². The minimum atomic E-state index is 0.636. The van der Waals surface area contributed by atoms with E-state index in [0.717, 1.165) is 13.0 Å². The quantitative estimate of drug-likeness (QED) is 0.857. The number of hydrogen-bond donors (Lipinski definition) is 1. The number of aryl methyl sites for hydroxylation is 2. The fraction of sp³-hybridized carbons (Fsp3) is 0.571. The van der Waals surface area contributed by atoms with Crippen LogP contribution in [0.15, 0.2) is 16.6 Å². The van der Waals surface area contributed by atoms with E-state index in [1.54, 1.807) is 0 Å². The van der Waals surface area contributed by atoms with Gasteiger partial charge in [0.25, 0.3) is 0 Å². The van der Waals surface area contributed by atoms with E-state index in [1.165, 1.54) is 34.0 Å². The first-order chi connectivity index (χ1) is 7.60. The fourth-order valence-electron chi connectivity index (χ4n) is 2.06. The van der Waals surface area contributed by atoms with E-state index in [0.29, 0.717) is 5.92 Å². The van der Waals surface area contributed by atoms with E-state index >= 15 is 0 Å². The highest BCUT2D eigenvalue weighted by atomic mass is 79.9. The molecule has 1 aromatic carbocycles. The summed E-state index contributed by atoms with van der Waals surface area (Å²) in [7, 11) is 0. The molecule has 1 rings (SSSR count). The van der Waals surface area contributed by atoms with Crippen LogP contribution in [-0.4, -0.2) is 6.54 Å². The van der Waals surface area contributed by atoms with Gasteiger partial charge in [0.15, 0.2) is 0 Å². The highest BCUT2D eigenvalue weighted by molar-refractivity contribution is 9.10. The zero-order valence-corrected chi connectivity index (χ0v) is 12.1. The maximum Gasteiger partial charge on any atom is 0.0212 e. The second-order valence-corrected chi connectivity index (χ2v) is 5.35. The van der Waals surface area contributed by atoms with Crippen LogP contribution in [0.25, 0.3) is 0 Å². The van der Waals surface area contributed by atoms with Crippen LogP contribution in [0.4, 0.5) is 0 Å². The summed E-state index contributed by atoms with van der Waals surface area (Å²) < 4.78 is 1.25. The highest BCUT2D eigenvalue weighted by Gasteiger charge is 2.13. The lowest BCUT2D eigenvalue weighted by Gasteiger charge is -2.18. The zero-order valence-electron chi connectivity index (χ0n) is 10.5. The minimum Gasteiger partial charge on any atom is -0.330 e. The number of hydrogen-bond acceptors (Lipinski definition) is 1. The zero-order chi connectivity index (χ0) is 12.1. The van der Waals surface area contributed by atoms with Crippen molar-refractivity contribution in [2.45, 2.75) is 46.0 Å². The first kappa shape index (κ1) is 13.7. The molecule has 0 fully saturated rings. The van der Waals surface area contributed by atoms with Gasteiger partial charge >= 0.3 is 0 Å². The van der Waals surface area contributed by atoms with E-state index < -0.39 is 0 Å². The second-order valence-electron chi connectivity index (χ2n) is 4.49. The number of rotatable bonds is 5. The van der Waals surface area contributed by atoms with Gasteiger partial charge in [-0.15, -0.1) is 0 Å². The largest absolute Gasteiger partial charge is 0.330 e. The number of nitrogens with two attached hydrogens (primary N) is 1. The van der Waals surface area contributed by atoms with Crippen LogP contribution in [-0.2, 0) is 0 Å². The fourth-order valence-corrected chi connectivity index (χ4v) is 2.84. The van der Waals surface area contributed by atoms with E-state index in [2.05, 4.69) is 48.8 Å². The molecule has 1 aromatic rings. The first-order valence-corrected chi connectivity index (χ1v) is 6.86. The SMILES string of the molecule is CCC(CCCN)c1cc(C)c(C)cc1Br. The van der Waals surface area contributed by atoms with Crippen LogP contribution < -0.4 is 5.73 Å². The monoisotopic (exact) mass is 283 g/mol. The van der Waals surface area contributed by atoms with Gasteiger partial charge in [0.1, 0.15) is 0 Å². The van der Waals surface area contributed by atoms with Gasteiger partial charge in [-0.2, -0.15) is 0 Å². The Morgan fingerprint density at radius 3 is 2.44 bits per heavy atom. The van der Waals surface area contributed by atoms with Crippen molar-refractivity contribution < 1.29 is 0 Å². The van der Waals surface area contributed by atoms with Crippen molar-refractivity contribution in [3.8, 4) is 0 Å². The van der Waals surface area contributed by atoms with Gasteiger partial charge in [0.2, 0.25) is 0 Å². The van der Waals surface area contributed by atoms with Gasteiger partial charge in [0.05, 0.1) is 0 Å². The second kappa shape index (κ2) is 6.41. The average molecular weight is 284 g/mol. The van der Waals surface area contributed by atoms with Crippen LogP contribution >= 0.6 is 15.9 Å². The summed E-state index contributed by atoms with van der Waals surface area (Å²) in [5, 5.41) is 0. The van der Waals surface area contributed by atoms with Crippen LogP contribution in [0.5, 0.6) is 0 Å². The summed E-state index contributed by atoms with van der Waals surface area (Å²) in [5.41, 5.74) is 9.76. The van der Waals surface area contributed by atoms with Crippen LogP contribution in [0.2, 0.25) is 0 Å². The van der Waals surface area contributed by atoms with Gasteiger partial charge in [-0.05, 0) is 68.3 Å². The Morgan fingerprint density at radius 1 is 1.25 bits per heavy atom. The molecular formula is C14H22BrN. The van der Waals surface area contributed by atoms with Crippen molar-refractivity contribution in [1.82, 2.24) is 0 Å². The van der Waals surface area contributed by atoms with Crippen molar-refractivity contribution in [2.75, 3.05) is 6.54 Å². The maximum atomic E-state index is 5.59. The third-order valence-corrected chi connectivity index (χ3v) is 3.99. The molecule has 0 aromatic heterocycles. The molecule has 16 heavy (non-hydrogen) atoms. The predicted molar refractivity (Wildman–Crippen MR) is 74.9 cm³/mol. The average Bonchev–Trinajstić information content (AvgIpc) is 2.26. The van der Waals surface area contributed by atoms with Gasteiger partial charge < -0.3 is 5.73 Å². The molecule has 0 amide bonds. The van der Waals surface area contributed by atoms with Crippen LogP contribution in [0.1, 0.15) is 48.8 Å². The smallest absolute Gasteiger partial charge is 0.0212 e. The molecule has 0 saturated carbocycles. The molecule has 1 atom stereocenters. The topological polar surface area (TPSA) is 26.0 Å². The maximum absolute atomic E-state index is 5.59. The van der Waals surface area contributed by atoms with Crippen molar-refractivity contribution in [2.24, 2.45) is 5.73 Å². The lowest BCUT2D eigenvalue weighted by Crippen LogP contribution is -2.05. The van der Waals surface area contributed by atoms with E-state index in [1.807, 2.05) is 0 Å². The summed E-state index contributed by atoms with van der Waals surface area (Å²) in [6, 6.07) is 4.56. The summed E-state index contributed by atoms with van der Waals surface area (Å²) in [5.74, 6) is 0.636. The Balaban J connectivity index is 2.95. The van der Waals surface area contributed by atoms with Gasteiger partial charge in [-0.3, -0.25) is 0 Å². The Morgan fingerprint density at radius 2 is 1.88 bits per heavy atom. The van der Waals surface area contributed by atoms with E-state index in [4.69, 9.17) is 5.73 Å². The molecule has 0 radical (unpaired) electrons. The lowest BCUT2D eigenvalue weighted by atomic mass is 9.90. The Bertz CT molecular complexity index is 347. The molecular weight excluding hydrogens is 262 g/mol. The first-order valence-electron chi connectivity index (χ1n) is 6.06. The van der Waals surface area contributed by atoms with Crippen molar-refractivity contribution in [1.29, 1.82) is 0 Å². The van der Waals surface area contributed by atoms with Gasteiger partial charge in [-0.1, -0.05) is 28.9 Å². The summed E-state index contributed by atoms with van der Waals surface area (Å²) in [6.45, 7) is 7.38. The molecule has 0 aliphatic carbocycles. The molecule has 2 N–H and O–H groups in total. The predicted octanol–water partition coefficient (Wildman–Crippen LogP) is 4.30. The lowest BCUT2D eigenvalue weighted by molar-refractivity contribution is 0.579.